The summed E-state index contributed by atoms with van der Waals surface area (Å²) >= 11 is 0. The molecule has 0 saturated carbocycles. The topological polar surface area (TPSA) is 57.5 Å². The van der Waals surface area contributed by atoms with Gasteiger partial charge in [-0.25, -0.2) is 8.78 Å². The lowest BCUT2D eigenvalue weighted by Crippen LogP contribution is -2.58. The third-order valence-electron chi connectivity index (χ3n) is 3.83. The van der Waals surface area contributed by atoms with Crippen molar-refractivity contribution in [3.05, 3.63) is 29.3 Å². The molecule has 126 valence electrons. The minimum absolute atomic E-state index is 0. The van der Waals surface area contributed by atoms with Crippen molar-refractivity contribution in [3.63, 3.8) is 0 Å². The lowest BCUT2D eigenvalue weighted by molar-refractivity contribution is -0.104. The summed E-state index contributed by atoms with van der Waals surface area (Å²) in [5.41, 5.74) is -0.0594. The molecule has 5 nitrogen and oxygen atoms in total. The molecular weight excluding hydrogens is 328 g/mol. The first kappa shape index (κ1) is 17.9. The maximum atomic E-state index is 13.7. The molecule has 0 aliphatic carbocycles. The molecule has 23 heavy (non-hydrogen) atoms. The van der Waals surface area contributed by atoms with Crippen LogP contribution in [0.2, 0.25) is 0 Å². The lowest BCUT2D eigenvalue weighted by Gasteiger charge is -2.41. The summed E-state index contributed by atoms with van der Waals surface area (Å²) in [5, 5.41) is 12.0. The van der Waals surface area contributed by atoms with Gasteiger partial charge in [-0.1, -0.05) is 0 Å². The number of rotatable bonds is 4. The van der Waals surface area contributed by atoms with Gasteiger partial charge in [0, 0.05) is 32.7 Å². The van der Waals surface area contributed by atoms with E-state index in [0.29, 0.717) is 6.54 Å². The number of fused-ring (bicyclic) bond motifs is 2. The minimum atomic E-state index is -0.848. The molecule has 8 heteroatoms. The fourth-order valence-electron chi connectivity index (χ4n) is 2.86. The van der Waals surface area contributed by atoms with Crippen LogP contribution in [0.5, 0.6) is 5.75 Å². The van der Waals surface area contributed by atoms with Gasteiger partial charge in [-0.2, -0.15) is 5.26 Å². The molecule has 1 aromatic rings. The van der Waals surface area contributed by atoms with E-state index in [0.717, 1.165) is 38.3 Å². The molecule has 0 radical (unpaired) electrons. The number of nitrogens with zero attached hydrogens (tertiary/aromatic N) is 2. The molecule has 2 bridgehead atoms. The van der Waals surface area contributed by atoms with Crippen LogP contribution in [-0.4, -0.2) is 56.4 Å². The molecule has 2 heterocycles. The summed E-state index contributed by atoms with van der Waals surface area (Å²) in [6.45, 7) is 3.98. The molecule has 1 aromatic carbocycles. The predicted molar refractivity (Wildman–Crippen MR) is 81.8 cm³/mol. The van der Waals surface area contributed by atoms with Gasteiger partial charge in [0.1, 0.15) is 6.61 Å². The first-order valence-corrected chi connectivity index (χ1v) is 7.26. The lowest BCUT2D eigenvalue weighted by atomic mass is 10.1. The SMILES string of the molecule is Cl.N#Cc1cc(F)c(OCCN2CC3CNCC(C2)O3)c(F)c1. The van der Waals surface area contributed by atoms with Gasteiger partial charge in [-0.3, -0.25) is 4.90 Å². The summed E-state index contributed by atoms with van der Waals surface area (Å²) in [6, 6.07) is 3.65. The minimum Gasteiger partial charge on any atom is -0.486 e. The van der Waals surface area contributed by atoms with Crippen molar-refractivity contribution in [3.8, 4) is 11.8 Å². The average Bonchev–Trinajstić information content (AvgIpc) is 2.49. The summed E-state index contributed by atoms with van der Waals surface area (Å²) in [6.07, 6.45) is 0.326. The molecule has 2 fully saturated rings. The van der Waals surface area contributed by atoms with Crippen molar-refractivity contribution in [1.29, 1.82) is 5.26 Å². The molecule has 1 N–H and O–H groups in total. The second-order valence-corrected chi connectivity index (χ2v) is 5.53. The van der Waals surface area contributed by atoms with E-state index in [1.165, 1.54) is 0 Å². The summed E-state index contributed by atoms with van der Waals surface area (Å²) < 4.78 is 38.4. The molecule has 0 amide bonds. The van der Waals surface area contributed by atoms with E-state index in [9.17, 15) is 8.78 Å². The van der Waals surface area contributed by atoms with E-state index < -0.39 is 17.4 Å². The van der Waals surface area contributed by atoms with Crippen LogP contribution in [0.1, 0.15) is 5.56 Å². The number of morpholine rings is 2. The van der Waals surface area contributed by atoms with Crippen LogP contribution in [-0.2, 0) is 4.74 Å². The van der Waals surface area contributed by atoms with Gasteiger partial charge in [0.05, 0.1) is 23.8 Å². The fourth-order valence-corrected chi connectivity index (χ4v) is 2.86. The molecule has 2 saturated heterocycles. The van der Waals surface area contributed by atoms with Gasteiger partial charge in [0.15, 0.2) is 17.4 Å². The van der Waals surface area contributed by atoms with E-state index in [2.05, 4.69) is 10.2 Å². The maximum absolute atomic E-state index is 13.7. The smallest absolute Gasteiger partial charge is 0.190 e. The van der Waals surface area contributed by atoms with Gasteiger partial charge in [0.2, 0.25) is 0 Å². The first-order chi connectivity index (χ1) is 10.7. The largest absolute Gasteiger partial charge is 0.486 e. The number of hydrogen-bond acceptors (Lipinski definition) is 5. The van der Waals surface area contributed by atoms with Crippen molar-refractivity contribution in [2.24, 2.45) is 0 Å². The van der Waals surface area contributed by atoms with Crippen LogP contribution in [0.15, 0.2) is 12.1 Å². The second-order valence-electron chi connectivity index (χ2n) is 5.53. The Bertz CT molecular complexity index is 562. The number of nitriles is 1. The molecule has 2 aliphatic rings. The van der Waals surface area contributed by atoms with Crippen molar-refractivity contribution in [2.45, 2.75) is 12.2 Å². The Hall–Kier alpha value is -1.46. The average molecular weight is 346 g/mol. The van der Waals surface area contributed by atoms with Crippen LogP contribution in [0.4, 0.5) is 8.78 Å². The predicted octanol–water partition coefficient (Wildman–Crippen LogP) is 1.31. The highest BCUT2D eigenvalue weighted by Crippen LogP contribution is 2.23. The Kier molecular flexibility index (Phi) is 6.13. The Balaban J connectivity index is 0.00000192. The number of benzene rings is 1. The number of hydrogen-bond donors (Lipinski definition) is 1. The second kappa shape index (κ2) is 7.88. The van der Waals surface area contributed by atoms with Gasteiger partial charge in [0.25, 0.3) is 0 Å². The molecule has 0 aromatic heterocycles. The Morgan fingerprint density at radius 3 is 2.43 bits per heavy atom. The van der Waals surface area contributed by atoms with E-state index in [-0.39, 0.29) is 36.8 Å². The highest BCUT2D eigenvalue weighted by Gasteiger charge is 2.30. The summed E-state index contributed by atoms with van der Waals surface area (Å²) in [4.78, 5) is 2.18. The van der Waals surface area contributed by atoms with E-state index >= 15 is 0 Å². The molecule has 2 atom stereocenters. The van der Waals surface area contributed by atoms with E-state index in [1.807, 2.05) is 0 Å². The molecule has 2 unspecified atom stereocenters. The highest BCUT2D eigenvalue weighted by molar-refractivity contribution is 5.85. The van der Waals surface area contributed by atoms with E-state index in [4.69, 9.17) is 14.7 Å². The monoisotopic (exact) mass is 345 g/mol. The van der Waals surface area contributed by atoms with Crippen molar-refractivity contribution in [1.82, 2.24) is 10.2 Å². The zero-order valence-electron chi connectivity index (χ0n) is 12.4. The fraction of sp³-hybridized carbons (Fsp3) is 0.533. The van der Waals surface area contributed by atoms with Crippen LogP contribution < -0.4 is 10.1 Å². The summed E-state index contributed by atoms with van der Waals surface area (Å²) in [5.74, 6) is -2.12. The van der Waals surface area contributed by atoms with Gasteiger partial charge in [-0.15, -0.1) is 12.4 Å². The zero-order valence-corrected chi connectivity index (χ0v) is 13.2. The molecule has 2 aliphatic heterocycles. The van der Waals surface area contributed by atoms with Gasteiger partial charge in [-0.05, 0) is 12.1 Å². The maximum Gasteiger partial charge on any atom is 0.190 e. The first-order valence-electron chi connectivity index (χ1n) is 7.26. The van der Waals surface area contributed by atoms with Crippen molar-refractivity contribution >= 4 is 12.4 Å². The van der Waals surface area contributed by atoms with Crippen molar-refractivity contribution in [2.75, 3.05) is 39.3 Å². The Morgan fingerprint density at radius 1 is 1.26 bits per heavy atom. The van der Waals surface area contributed by atoms with E-state index in [1.54, 1.807) is 6.07 Å². The van der Waals surface area contributed by atoms with Gasteiger partial charge >= 0.3 is 0 Å². The zero-order chi connectivity index (χ0) is 15.5. The number of ether oxygens (including phenoxy) is 2. The summed E-state index contributed by atoms with van der Waals surface area (Å²) in [7, 11) is 0. The number of halogens is 3. The van der Waals surface area contributed by atoms with Crippen LogP contribution in [0, 0.1) is 23.0 Å². The standard InChI is InChI=1S/C15H17F2N3O2.ClH/c16-13-3-10(5-18)4-14(17)15(13)21-2-1-20-8-11-6-19-7-12(9-20)22-11;/h3-4,11-12,19H,1-2,6-9H2;1H. The third kappa shape index (κ3) is 4.30. The van der Waals surface area contributed by atoms with Crippen LogP contribution >= 0.6 is 12.4 Å². The highest BCUT2D eigenvalue weighted by atomic mass is 35.5. The van der Waals surface area contributed by atoms with Crippen LogP contribution in [0.3, 0.4) is 0 Å². The van der Waals surface area contributed by atoms with Gasteiger partial charge < -0.3 is 14.8 Å². The quantitative estimate of drug-likeness (QED) is 0.891. The molecule has 0 spiro atoms. The Labute approximate surface area is 139 Å². The molecule has 3 rings (SSSR count). The third-order valence-corrected chi connectivity index (χ3v) is 3.83. The van der Waals surface area contributed by atoms with Crippen molar-refractivity contribution < 1.29 is 18.3 Å². The Morgan fingerprint density at radius 2 is 1.87 bits per heavy atom. The van der Waals surface area contributed by atoms with Crippen LogP contribution in [0.25, 0.3) is 0 Å². The molecular formula is C15H18ClF2N3O2. The normalized spacial score (nSPS) is 23.7. The number of nitrogens with one attached hydrogen (secondary N) is 1.